The van der Waals surface area contributed by atoms with Crippen molar-refractivity contribution in [1.82, 2.24) is 4.31 Å². The van der Waals surface area contributed by atoms with Gasteiger partial charge in [-0.15, -0.1) is 0 Å². The van der Waals surface area contributed by atoms with Crippen LogP contribution in [0.5, 0.6) is 0 Å². The van der Waals surface area contributed by atoms with Crippen molar-refractivity contribution in [2.75, 3.05) is 6.54 Å². The van der Waals surface area contributed by atoms with Crippen molar-refractivity contribution in [1.29, 1.82) is 0 Å². The van der Waals surface area contributed by atoms with Crippen LogP contribution in [0.1, 0.15) is 70.3 Å². The van der Waals surface area contributed by atoms with Crippen molar-refractivity contribution >= 4 is 15.8 Å². The van der Waals surface area contributed by atoms with E-state index in [2.05, 4.69) is 6.92 Å². The van der Waals surface area contributed by atoms with E-state index in [4.69, 9.17) is 0 Å². The second-order valence-electron chi connectivity index (χ2n) is 7.13. The maximum absolute atomic E-state index is 13.0. The van der Waals surface area contributed by atoms with Gasteiger partial charge in [0.1, 0.15) is 5.78 Å². The number of benzene rings is 1. The Morgan fingerprint density at radius 1 is 1.12 bits per heavy atom. The Hall–Kier alpha value is -1.20. The summed E-state index contributed by atoms with van der Waals surface area (Å²) in [5.41, 5.74) is 1.04. The van der Waals surface area contributed by atoms with Crippen LogP contribution in [-0.2, 0) is 14.8 Å². The van der Waals surface area contributed by atoms with Crippen molar-refractivity contribution in [2.24, 2.45) is 0 Å². The van der Waals surface area contributed by atoms with Gasteiger partial charge in [0, 0.05) is 25.4 Å². The first-order valence-corrected chi connectivity index (χ1v) is 11.0. The number of carbonyl (C=O) groups is 1. The lowest BCUT2D eigenvalue weighted by Crippen LogP contribution is -2.44. The zero-order valence-corrected chi connectivity index (χ0v) is 16.4. The highest BCUT2D eigenvalue weighted by atomic mass is 32.2. The third-order valence-electron chi connectivity index (χ3n) is 4.97. The summed E-state index contributed by atoms with van der Waals surface area (Å²) in [6.45, 7) is 4.61. The van der Waals surface area contributed by atoms with E-state index < -0.39 is 10.0 Å². The number of unbranched alkanes of at least 4 members (excludes halogenated alkanes) is 3. The number of carbonyl (C=O) groups excluding carboxylic acids is 1. The lowest BCUT2D eigenvalue weighted by atomic mass is 9.97. The Bertz CT molecular complexity index is 652. The zero-order valence-electron chi connectivity index (χ0n) is 15.5. The smallest absolute Gasteiger partial charge is 0.243 e. The molecule has 1 fully saturated rings. The summed E-state index contributed by atoms with van der Waals surface area (Å²) in [7, 11) is -3.52. The molecule has 1 heterocycles. The third kappa shape index (κ3) is 5.65. The van der Waals surface area contributed by atoms with E-state index in [1.807, 2.05) is 19.1 Å². The lowest BCUT2D eigenvalue weighted by molar-refractivity contribution is -0.120. The van der Waals surface area contributed by atoms with Crippen molar-refractivity contribution in [2.45, 2.75) is 82.6 Å². The second kappa shape index (κ2) is 9.48. The molecule has 0 aliphatic carbocycles. The third-order valence-corrected chi connectivity index (χ3v) is 6.94. The Labute approximate surface area is 152 Å². The van der Waals surface area contributed by atoms with Crippen LogP contribution in [0.15, 0.2) is 29.2 Å². The topological polar surface area (TPSA) is 54.5 Å². The molecule has 1 saturated heterocycles. The van der Waals surface area contributed by atoms with Crippen LogP contribution < -0.4 is 0 Å². The van der Waals surface area contributed by atoms with Crippen LogP contribution in [0.4, 0.5) is 0 Å². The van der Waals surface area contributed by atoms with E-state index in [0.717, 1.165) is 50.5 Å². The molecule has 0 amide bonds. The van der Waals surface area contributed by atoms with Gasteiger partial charge < -0.3 is 0 Å². The standard InChI is InChI=1S/C20H31NO3S/c1-3-4-5-6-10-19(22)16-18-9-7-8-15-21(18)25(23,24)20-13-11-17(2)12-14-20/h11-14,18H,3-10,15-16H2,1-2H3. The largest absolute Gasteiger partial charge is 0.300 e. The Balaban J connectivity index is 2.04. The maximum atomic E-state index is 13.0. The molecule has 5 heteroatoms. The van der Waals surface area contributed by atoms with Crippen LogP contribution in [-0.4, -0.2) is 31.1 Å². The molecule has 1 unspecified atom stereocenters. The van der Waals surface area contributed by atoms with Gasteiger partial charge in [-0.25, -0.2) is 8.42 Å². The van der Waals surface area contributed by atoms with Crippen LogP contribution >= 0.6 is 0 Å². The molecular weight excluding hydrogens is 334 g/mol. The molecule has 0 spiro atoms. The van der Waals surface area contributed by atoms with E-state index in [1.165, 1.54) is 0 Å². The number of hydrogen-bond donors (Lipinski definition) is 0. The van der Waals surface area contributed by atoms with Gasteiger partial charge in [-0.3, -0.25) is 4.79 Å². The Kier molecular flexibility index (Phi) is 7.63. The number of sulfonamides is 1. The van der Waals surface area contributed by atoms with Crippen LogP contribution in [0, 0.1) is 6.92 Å². The van der Waals surface area contributed by atoms with E-state index in [-0.39, 0.29) is 11.8 Å². The van der Waals surface area contributed by atoms with Crippen molar-refractivity contribution in [3.05, 3.63) is 29.8 Å². The molecule has 1 atom stereocenters. The molecule has 0 saturated carbocycles. The SMILES string of the molecule is CCCCCCC(=O)CC1CCCCN1S(=O)(=O)c1ccc(C)cc1. The minimum Gasteiger partial charge on any atom is -0.300 e. The number of Topliss-reactive ketones (excluding diaryl/α,β-unsaturated/α-hetero) is 1. The second-order valence-corrected chi connectivity index (χ2v) is 9.02. The number of rotatable bonds is 9. The molecule has 140 valence electrons. The molecule has 25 heavy (non-hydrogen) atoms. The molecule has 4 nitrogen and oxygen atoms in total. The monoisotopic (exact) mass is 365 g/mol. The fraction of sp³-hybridized carbons (Fsp3) is 0.650. The summed E-state index contributed by atoms with van der Waals surface area (Å²) in [4.78, 5) is 12.6. The normalized spacial score (nSPS) is 19.0. The molecular formula is C20H31NO3S. The molecule has 1 aliphatic rings. The summed E-state index contributed by atoms with van der Waals surface area (Å²) >= 11 is 0. The number of ketones is 1. The summed E-state index contributed by atoms with van der Waals surface area (Å²) in [5, 5.41) is 0. The summed E-state index contributed by atoms with van der Waals surface area (Å²) in [6, 6.07) is 6.81. The molecule has 0 bridgehead atoms. The maximum Gasteiger partial charge on any atom is 0.243 e. The molecule has 0 aromatic heterocycles. The van der Waals surface area contributed by atoms with Crippen molar-refractivity contribution in [3.63, 3.8) is 0 Å². The molecule has 1 aliphatic heterocycles. The first-order valence-electron chi connectivity index (χ1n) is 9.55. The fourth-order valence-electron chi connectivity index (χ4n) is 3.45. The molecule has 2 rings (SSSR count). The van der Waals surface area contributed by atoms with E-state index in [1.54, 1.807) is 16.4 Å². The van der Waals surface area contributed by atoms with Gasteiger partial charge in [-0.2, -0.15) is 4.31 Å². The van der Waals surface area contributed by atoms with Gasteiger partial charge in [0.25, 0.3) is 0 Å². The predicted molar refractivity (Wildman–Crippen MR) is 101 cm³/mol. The number of aryl methyl sites for hydroxylation is 1. The summed E-state index contributed by atoms with van der Waals surface area (Å²) in [5.74, 6) is 0.201. The van der Waals surface area contributed by atoms with Gasteiger partial charge in [-0.1, -0.05) is 50.3 Å². The van der Waals surface area contributed by atoms with Crippen LogP contribution in [0.2, 0.25) is 0 Å². The Morgan fingerprint density at radius 3 is 2.52 bits per heavy atom. The highest BCUT2D eigenvalue weighted by Crippen LogP contribution is 2.28. The highest BCUT2D eigenvalue weighted by Gasteiger charge is 2.34. The molecule has 1 aromatic rings. The van der Waals surface area contributed by atoms with Gasteiger partial charge in [-0.05, 0) is 38.3 Å². The average molecular weight is 366 g/mol. The zero-order chi connectivity index (χ0) is 18.3. The predicted octanol–water partition coefficient (Wildman–Crippen LogP) is 4.47. The van der Waals surface area contributed by atoms with Gasteiger partial charge in [0.2, 0.25) is 10.0 Å². The minimum absolute atomic E-state index is 0.182. The minimum atomic E-state index is -3.52. The van der Waals surface area contributed by atoms with E-state index in [0.29, 0.717) is 24.3 Å². The molecule has 0 radical (unpaired) electrons. The van der Waals surface area contributed by atoms with E-state index >= 15 is 0 Å². The van der Waals surface area contributed by atoms with Crippen molar-refractivity contribution in [3.8, 4) is 0 Å². The van der Waals surface area contributed by atoms with Crippen molar-refractivity contribution < 1.29 is 13.2 Å². The number of hydrogen-bond acceptors (Lipinski definition) is 3. The summed E-state index contributed by atoms with van der Waals surface area (Å²) in [6.07, 6.45) is 7.89. The Morgan fingerprint density at radius 2 is 1.84 bits per heavy atom. The van der Waals surface area contributed by atoms with Gasteiger partial charge in [0.15, 0.2) is 0 Å². The van der Waals surface area contributed by atoms with Crippen LogP contribution in [0.25, 0.3) is 0 Å². The number of nitrogens with zero attached hydrogens (tertiary/aromatic N) is 1. The van der Waals surface area contributed by atoms with Crippen LogP contribution in [0.3, 0.4) is 0 Å². The fourth-order valence-corrected chi connectivity index (χ4v) is 5.15. The quantitative estimate of drug-likeness (QED) is 0.607. The van der Waals surface area contributed by atoms with Gasteiger partial charge >= 0.3 is 0 Å². The van der Waals surface area contributed by atoms with Gasteiger partial charge in [0.05, 0.1) is 4.90 Å². The first-order chi connectivity index (χ1) is 11.9. The van der Waals surface area contributed by atoms with E-state index in [9.17, 15) is 13.2 Å². The lowest BCUT2D eigenvalue weighted by Gasteiger charge is -2.34. The average Bonchev–Trinajstić information content (AvgIpc) is 2.59. The first kappa shape index (κ1) is 20.1. The molecule has 0 N–H and O–H groups in total. The molecule has 1 aromatic carbocycles. The summed E-state index contributed by atoms with van der Waals surface area (Å²) < 4.78 is 27.6. The highest BCUT2D eigenvalue weighted by molar-refractivity contribution is 7.89. The number of piperidine rings is 1.